The summed E-state index contributed by atoms with van der Waals surface area (Å²) in [6.07, 6.45) is 5.29. The number of thiophene rings is 1. The molecule has 2 rings (SSSR count). The first-order chi connectivity index (χ1) is 10.0. The Hall–Kier alpha value is -0.380. The van der Waals surface area contributed by atoms with Gasteiger partial charge < -0.3 is 5.73 Å². The first-order valence-corrected chi connectivity index (χ1v) is 9.38. The smallest absolute Gasteiger partial charge is 0.0368 e. The highest BCUT2D eigenvalue weighted by Crippen LogP contribution is 2.43. The molecule has 0 bridgehead atoms. The van der Waals surface area contributed by atoms with Gasteiger partial charge in [-0.3, -0.25) is 4.90 Å². The molecule has 0 saturated heterocycles. The Bertz CT molecular complexity index is 413. The van der Waals surface area contributed by atoms with Crippen LogP contribution in [0, 0.1) is 11.8 Å². The van der Waals surface area contributed by atoms with Crippen molar-refractivity contribution in [3.05, 3.63) is 22.4 Å². The molecule has 1 heterocycles. The van der Waals surface area contributed by atoms with E-state index in [0.29, 0.717) is 12.0 Å². The van der Waals surface area contributed by atoms with Gasteiger partial charge in [0.15, 0.2) is 0 Å². The van der Waals surface area contributed by atoms with Crippen molar-refractivity contribution in [1.29, 1.82) is 0 Å². The predicted molar refractivity (Wildman–Crippen MR) is 93.6 cm³/mol. The Morgan fingerprint density at radius 3 is 2.62 bits per heavy atom. The SMILES string of the molecule is CC(C)C1CCCCC1(CN)N(Cc1cccs1)C(C)C. The molecule has 21 heavy (non-hydrogen) atoms. The van der Waals surface area contributed by atoms with E-state index in [1.807, 2.05) is 11.3 Å². The molecule has 1 aliphatic carbocycles. The summed E-state index contributed by atoms with van der Waals surface area (Å²) >= 11 is 1.87. The summed E-state index contributed by atoms with van der Waals surface area (Å²) in [6.45, 7) is 11.3. The maximum Gasteiger partial charge on any atom is 0.0368 e. The topological polar surface area (TPSA) is 29.3 Å². The Balaban J connectivity index is 2.32. The number of nitrogens with two attached hydrogens (primary N) is 1. The first-order valence-electron chi connectivity index (χ1n) is 8.50. The zero-order chi connectivity index (χ0) is 15.5. The fourth-order valence-corrected chi connectivity index (χ4v) is 5.06. The van der Waals surface area contributed by atoms with Gasteiger partial charge in [-0.25, -0.2) is 0 Å². The van der Waals surface area contributed by atoms with Gasteiger partial charge in [0.1, 0.15) is 0 Å². The van der Waals surface area contributed by atoms with Gasteiger partial charge in [-0.05, 0) is 50.0 Å². The molecule has 1 aromatic heterocycles. The molecule has 3 heteroatoms. The van der Waals surface area contributed by atoms with Crippen molar-refractivity contribution in [2.75, 3.05) is 6.54 Å². The van der Waals surface area contributed by atoms with Crippen molar-refractivity contribution in [2.24, 2.45) is 17.6 Å². The van der Waals surface area contributed by atoms with Gasteiger partial charge in [-0.1, -0.05) is 32.8 Å². The highest BCUT2D eigenvalue weighted by molar-refractivity contribution is 7.09. The van der Waals surface area contributed by atoms with Crippen molar-refractivity contribution >= 4 is 11.3 Å². The molecular weight excluding hydrogens is 276 g/mol. The van der Waals surface area contributed by atoms with Crippen molar-refractivity contribution in [3.8, 4) is 0 Å². The molecule has 0 radical (unpaired) electrons. The molecule has 0 aromatic carbocycles. The second-order valence-electron chi connectivity index (χ2n) is 7.21. The molecule has 1 aliphatic rings. The quantitative estimate of drug-likeness (QED) is 0.838. The summed E-state index contributed by atoms with van der Waals surface area (Å²) in [5.41, 5.74) is 6.58. The van der Waals surface area contributed by atoms with E-state index in [4.69, 9.17) is 5.73 Å². The molecule has 2 atom stereocenters. The van der Waals surface area contributed by atoms with Crippen LogP contribution in [0.25, 0.3) is 0 Å². The molecule has 1 aromatic rings. The van der Waals surface area contributed by atoms with Gasteiger partial charge in [-0.2, -0.15) is 0 Å². The third-order valence-corrected chi connectivity index (χ3v) is 6.19. The van der Waals surface area contributed by atoms with Crippen LogP contribution in [-0.4, -0.2) is 23.0 Å². The number of rotatable bonds is 6. The van der Waals surface area contributed by atoms with E-state index in [1.165, 1.54) is 30.6 Å². The van der Waals surface area contributed by atoms with Crippen LogP contribution in [0.15, 0.2) is 17.5 Å². The fourth-order valence-electron chi connectivity index (χ4n) is 4.36. The van der Waals surface area contributed by atoms with Crippen LogP contribution in [0.3, 0.4) is 0 Å². The number of hydrogen-bond donors (Lipinski definition) is 1. The summed E-state index contributed by atoms with van der Waals surface area (Å²) in [7, 11) is 0. The summed E-state index contributed by atoms with van der Waals surface area (Å²) in [5.74, 6) is 1.43. The monoisotopic (exact) mass is 308 g/mol. The fraction of sp³-hybridized carbons (Fsp3) is 0.778. The number of nitrogens with zero attached hydrogens (tertiary/aromatic N) is 1. The molecule has 2 N–H and O–H groups in total. The van der Waals surface area contributed by atoms with Gasteiger partial charge in [0.25, 0.3) is 0 Å². The maximum atomic E-state index is 6.40. The second kappa shape index (κ2) is 7.26. The first kappa shape index (κ1) is 17.0. The highest BCUT2D eigenvalue weighted by Gasteiger charge is 2.46. The largest absolute Gasteiger partial charge is 0.329 e. The van der Waals surface area contributed by atoms with E-state index in [0.717, 1.165) is 19.0 Å². The van der Waals surface area contributed by atoms with E-state index in [9.17, 15) is 0 Å². The molecule has 0 amide bonds. The van der Waals surface area contributed by atoms with E-state index in [-0.39, 0.29) is 5.54 Å². The summed E-state index contributed by atoms with van der Waals surface area (Å²) in [4.78, 5) is 4.17. The van der Waals surface area contributed by atoms with Crippen LogP contribution in [-0.2, 0) is 6.54 Å². The minimum atomic E-state index is 0.185. The van der Waals surface area contributed by atoms with Crippen molar-refractivity contribution in [2.45, 2.75) is 71.5 Å². The standard InChI is InChI=1S/C18H32N2S/c1-14(2)17-9-5-6-10-18(17,13-19)20(15(3)4)12-16-8-7-11-21-16/h7-8,11,14-15,17H,5-6,9-10,12-13,19H2,1-4H3. The lowest BCUT2D eigenvalue weighted by Crippen LogP contribution is -2.62. The molecular formula is C18H32N2S. The molecule has 2 unspecified atom stereocenters. The van der Waals surface area contributed by atoms with E-state index in [1.54, 1.807) is 0 Å². The normalized spacial score (nSPS) is 27.0. The van der Waals surface area contributed by atoms with Gasteiger partial charge >= 0.3 is 0 Å². The molecule has 0 spiro atoms. The minimum Gasteiger partial charge on any atom is -0.329 e. The predicted octanol–water partition coefficient (Wildman–Crippen LogP) is 4.50. The molecule has 0 aliphatic heterocycles. The number of hydrogen-bond acceptors (Lipinski definition) is 3. The maximum absolute atomic E-state index is 6.40. The lowest BCUT2D eigenvalue weighted by Gasteiger charge is -2.54. The van der Waals surface area contributed by atoms with Gasteiger partial charge in [0.05, 0.1) is 0 Å². The zero-order valence-electron chi connectivity index (χ0n) is 14.1. The Morgan fingerprint density at radius 1 is 1.33 bits per heavy atom. The third-order valence-electron chi connectivity index (χ3n) is 5.32. The summed E-state index contributed by atoms with van der Waals surface area (Å²) in [6, 6.07) is 4.96. The second-order valence-corrected chi connectivity index (χ2v) is 8.24. The van der Waals surface area contributed by atoms with Crippen LogP contribution in [0.1, 0.15) is 58.3 Å². The van der Waals surface area contributed by atoms with Crippen LogP contribution < -0.4 is 5.73 Å². The third kappa shape index (κ3) is 3.52. The van der Waals surface area contributed by atoms with Gasteiger partial charge in [0.2, 0.25) is 0 Å². The highest BCUT2D eigenvalue weighted by atomic mass is 32.1. The van der Waals surface area contributed by atoms with Gasteiger partial charge in [0, 0.05) is 29.5 Å². The lowest BCUT2D eigenvalue weighted by atomic mass is 9.66. The van der Waals surface area contributed by atoms with Gasteiger partial charge in [-0.15, -0.1) is 11.3 Å². The van der Waals surface area contributed by atoms with Crippen LogP contribution in [0.5, 0.6) is 0 Å². The van der Waals surface area contributed by atoms with E-state index in [2.05, 4.69) is 50.1 Å². The Morgan fingerprint density at radius 2 is 2.10 bits per heavy atom. The van der Waals surface area contributed by atoms with Crippen LogP contribution in [0.4, 0.5) is 0 Å². The van der Waals surface area contributed by atoms with Crippen molar-refractivity contribution < 1.29 is 0 Å². The van der Waals surface area contributed by atoms with Crippen LogP contribution >= 0.6 is 11.3 Å². The van der Waals surface area contributed by atoms with E-state index < -0.39 is 0 Å². The van der Waals surface area contributed by atoms with Crippen molar-refractivity contribution in [1.82, 2.24) is 4.90 Å². The van der Waals surface area contributed by atoms with E-state index >= 15 is 0 Å². The van der Waals surface area contributed by atoms with Crippen molar-refractivity contribution in [3.63, 3.8) is 0 Å². The average Bonchev–Trinajstić information content (AvgIpc) is 2.97. The molecule has 1 fully saturated rings. The lowest BCUT2D eigenvalue weighted by molar-refractivity contribution is -0.0383. The van der Waals surface area contributed by atoms with Crippen LogP contribution in [0.2, 0.25) is 0 Å². The summed E-state index contributed by atoms with van der Waals surface area (Å²) in [5, 5.41) is 2.18. The Labute approximate surface area is 134 Å². The summed E-state index contributed by atoms with van der Waals surface area (Å²) < 4.78 is 0. The molecule has 2 nitrogen and oxygen atoms in total. The zero-order valence-corrected chi connectivity index (χ0v) is 15.0. The average molecular weight is 309 g/mol. The molecule has 1 saturated carbocycles. The Kier molecular flexibility index (Phi) is 5.87. The minimum absolute atomic E-state index is 0.185. The molecule has 120 valence electrons.